The van der Waals surface area contributed by atoms with E-state index in [2.05, 4.69) is 0 Å². The van der Waals surface area contributed by atoms with Crippen LogP contribution in [0.3, 0.4) is 0 Å². The maximum atomic E-state index is 13.2. The minimum absolute atomic E-state index is 0.0840. The van der Waals surface area contributed by atoms with Crippen LogP contribution in [-0.2, 0) is 48.3 Å². The summed E-state index contributed by atoms with van der Waals surface area (Å²) in [6.07, 6.45) is -5.24. The summed E-state index contributed by atoms with van der Waals surface area (Å²) < 4.78 is 29.0. The maximum Gasteiger partial charge on any atom is 0.338 e. The Morgan fingerprint density at radius 1 is 0.743 bits per heavy atom. The molecule has 5 atom stereocenters. The quantitative estimate of drug-likeness (QED) is 0.446. The number of aliphatic hydroxyl groups excluding tert-OH is 1. The highest BCUT2D eigenvalue weighted by Gasteiger charge is 2.50. The molecule has 0 amide bonds. The number of hydrogen-bond donors (Lipinski definition) is 1. The normalized spacial score (nSPS) is 24.1. The number of aliphatic hydroxyl groups is 1. The summed E-state index contributed by atoms with van der Waals surface area (Å²) in [7, 11) is 1.40. The Morgan fingerprint density at radius 2 is 1.20 bits per heavy atom. The average molecular weight is 479 g/mol. The van der Waals surface area contributed by atoms with E-state index in [0.717, 1.165) is 16.7 Å². The first-order chi connectivity index (χ1) is 17.2. The van der Waals surface area contributed by atoms with Gasteiger partial charge in [-0.25, -0.2) is 4.79 Å². The molecule has 1 heterocycles. The van der Waals surface area contributed by atoms with Gasteiger partial charge in [-0.1, -0.05) is 91.0 Å². The van der Waals surface area contributed by atoms with Crippen LogP contribution in [0.1, 0.15) is 16.7 Å². The Bertz CT molecular complexity index is 1030. The van der Waals surface area contributed by atoms with E-state index in [-0.39, 0.29) is 19.8 Å². The van der Waals surface area contributed by atoms with Crippen molar-refractivity contribution in [3.05, 3.63) is 108 Å². The fourth-order valence-corrected chi connectivity index (χ4v) is 3.93. The van der Waals surface area contributed by atoms with Gasteiger partial charge in [0.15, 0.2) is 12.4 Å². The van der Waals surface area contributed by atoms with Crippen LogP contribution < -0.4 is 0 Å². The van der Waals surface area contributed by atoms with Gasteiger partial charge < -0.3 is 28.8 Å². The smallest absolute Gasteiger partial charge is 0.338 e. The standard InChI is InChI=1S/C28H30O7/c1-31-28-23(29)24(32-17-20-11-5-2-6-12-20)25(33-18-21-13-7-3-8-14-21)26(35-28)27(30)34-19-22-15-9-4-10-16-22/h2-16,23-26,28-29H,17-19H2,1H3/t23?,24?,25-,26?,28+/m0/s1. The lowest BCUT2D eigenvalue weighted by molar-refractivity contribution is -0.305. The zero-order chi connectivity index (χ0) is 24.5. The lowest BCUT2D eigenvalue weighted by Crippen LogP contribution is -2.62. The van der Waals surface area contributed by atoms with E-state index >= 15 is 0 Å². The van der Waals surface area contributed by atoms with E-state index in [1.54, 1.807) is 0 Å². The van der Waals surface area contributed by atoms with Gasteiger partial charge in [0.05, 0.1) is 13.2 Å². The number of rotatable bonds is 10. The van der Waals surface area contributed by atoms with Crippen molar-refractivity contribution < 1.29 is 33.6 Å². The van der Waals surface area contributed by atoms with E-state index in [1.807, 2.05) is 91.0 Å². The van der Waals surface area contributed by atoms with Crippen molar-refractivity contribution >= 4 is 5.97 Å². The van der Waals surface area contributed by atoms with Crippen molar-refractivity contribution in [3.63, 3.8) is 0 Å². The van der Waals surface area contributed by atoms with E-state index < -0.39 is 36.7 Å². The third-order valence-corrected chi connectivity index (χ3v) is 5.78. The number of esters is 1. The molecule has 0 spiro atoms. The molecule has 1 fully saturated rings. The minimum atomic E-state index is -1.18. The van der Waals surface area contributed by atoms with Crippen LogP contribution in [0.5, 0.6) is 0 Å². The van der Waals surface area contributed by atoms with Crippen molar-refractivity contribution in [2.24, 2.45) is 0 Å². The first-order valence-corrected chi connectivity index (χ1v) is 11.5. The van der Waals surface area contributed by atoms with Gasteiger partial charge >= 0.3 is 5.97 Å². The molecule has 7 nitrogen and oxygen atoms in total. The Balaban J connectivity index is 1.54. The molecule has 35 heavy (non-hydrogen) atoms. The van der Waals surface area contributed by atoms with E-state index in [4.69, 9.17) is 23.7 Å². The van der Waals surface area contributed by atoms with Crippen molar-refractivity contribution in [1.29, 1.82) is 0 Å². The number of ether oxygens (including phenoxy) is 5. The lowest BCUT2D eigenvalue weighted by Gasteiger charge is -2.42. The van der Waals surface area contributed by atoms with Gasteiger partial charge in [-0.15, -0.1) is 0 Å². The van der Waals surface area contributed by atoms with Gasteiger partial charge in [0.25, 0.3) is 0 Å². The van der Waals surface area contributed by atoms with Crippen LogP contribution in [-0.4, -0.2) is 48.9 Å². The van der Waals surface area contributed by atoms with Crippen LogP contribution >= 0.6 is 0 Å². The van der Waals surface area contributed by atoms with Crippen molar-refractivity contribution in [1.82, 2.24) is 0 Å². The molecule has 0 aliphatic carbocycles. The van der Waals surface area contributed by atoms with Crippen LogP contribution in [0.4, 0.5) is 0 Å². The van der Waals surface area contributed by atoms with Crippen molar-refractivity contribution in [2.45, 2.75) is 50.5 Å². The molecule has 184 valence electrons. The van der Waals surface area contributed by atoms with E-state index in [0.29, 0.717) is 0 Å². The molecule has 1 aliphatic rings. The predicted molar refractivity (Wildman–Crippen MR) is 128 cm³/mol. The van der Waals surface area contributed by atoms with Gasteiger partial charge in [0.2, 0.25) is 0 Å². The highest BCUT2D eigenvalue weighted by atomic mass is 16.7. The van der Waals surface area contributed by atoms with Crippen LogP contribution in [0, 0.1) is 0 Å². The minimum Gasteiger partial charge on any atom is -0.459 e. The van der Waals surface area contributed by atoms with Gasteiger partial charge in [0, 0.05) is 7.11 Å². The van der Waals surface area contributed by atoms with Crippen molar-refractivity contribution in [2.75, 3.05) is 7.11 Å². The fourth-order valence-electron chi connectivity index (χ4n) is 3.93. The molecule has 3 aromatic carbocycles. The van der Waals surface area contributed by atoms with Crippen LogP contribution in [0.2, 0.25) is 0 Å². The highest BCUT2D eigenvalue weighted by Crippen LogP contribution is 2.29. The average Bonchev–Trinajstić information content (AvgIpc) is 2.91. The lowest BCUT2D eigenvalue weighted by atomic mass is 9.98. The second-order valence-electron chi connectivity index (χ2n) is 8.27. The summed E-state index contributed by atoms with van der Waals surface area (Å²) in [6, 6.07) is 28.5. The Morgan fingerprint density at radius 3 is 1.69 bits per heavy atom. The fraction of sp³-hybridized carbons (Fsp3) is 0.321. The zero-order valence-electron chi connectivity index (χ0n) is 19.6. The summed E-state index contributed by atoms with van der Waals surface area (Å²) in [5.41, 5.74) is 2.68. The summed E-state index contributed by atoms with van der Waals surface area (Å²) in [5.74, 6) is -0.617. The van der Waals surface area contributed by atoms with Crippen molar-refractivity contribution in [3.8, 4) is 0 Å². The SMILES string of the molecule is CO[C@@H]1OC(C(=O)OCc2ccccc2)[C@@H](OCc2ccccc2)C(OCc2ccccc2)C1O. The molecule has 0 radical (unpaired) electrons. The Kier molecular flexibility index (Phi) is 9.00. The molecular formula is C28H30O7. The molecule has 1 aliphatic heterocycles. The first kappa shape index (κ1) is 25.0. The molecule has 3 aromatic rings. The zero-order valence-corrected chi connectivity index (χ0v) is 19.6. The Hall–Kier alpha value is -3.07. The number of carbonyl (C=O) groups excluding carboxylic acids is 1. The van der Waals surface area contributed by atoms with Gasteiger partial charge in [0.1, 0.15) is 24.9 Å². The third kappa shape index (κ3) is 6.75. The second-order valence-corrected chi connectivity index (χ2v) is 8.27. The molecule has 0 bridgehead atoms. The molecule has 0 aromatic heterocycles. The number of hydrogen-bond acceptors (Lipinski definition) is 7. The highest BCUT2D eigenvalue weighted by molar-refractivity contribution is 5.76. The Labute approximate surface area is 205 Å². The summed E-state index contributed by atoms with van der Waals surface area (Å²) >= 11 is 0. The molecule has 7 heteroatoms. The number of benzene rings is 3. The molecular weight excluding hydrogens is 448 g/mol. The third-order valence-electron chi connectivity index (χ3n) is 5.78. The summed E-state index contributed by atoms with van der Waals surface area (Å²) in [4.78, 5) is 13.2. The largest absolute Gasteiger partial charge is 0.459 e. The summed E-state index contributed by atoms with van der Waals surface area (Å²) in [5, 5.41) is 11.0. The maximum absolute atomic E-state index is 13.2. The number of methoxy groups -OCH3 is 1. The van der Waals surface area contributed by atoms with Gasteiger partial charge in [-0.2, -0.15) is 0 Å². The molecule has 1 saturated heterocycles. The molecule has 4 rings (SSSR count). The van der Waals surface area contributed by atoms with E-state index in [9.17, 15) is 9.90 Å². The van der Waals surface area contributed by atoms with Gasteiger partial charge in [-0.05, 0) is 16.7 Å². The van der Waals surface area contributed by atoms with Crippen LogP contribution in [0.25, 0.3) is 0 Å². The van der Waals surface area contributed by atoms with E-state index in [1.165, 1.54) is 7.11 Å². The second kappa shape index (κ2) is 12.6. The monoisotopic (exact) mass is 478 g/mol. The predicted octanol–water partition coefficient (Wildman–Crippen LogP) is 3.63. The topological polar surface area (TPSA) is 83.5 Å². The number of carbonyl (C=O) groups is 1. The molecule has 3 unspecified atom stereocenters. The summed E-state index contributed by atoms with van der Waals surface area (Å²) in [6.45, 7) is 0.504. The molecule has 0 saturated carbocycles. The van der Waals surface area contributed by atoms with Crippen LogP contribution in [0.15, 0.2) is 91.0 Å². The first-order valence-electron chi connectivity index (χ1n) is 11.5. The molecule has 1 N–H and O–H groups in total. The van der Waals surface area contributed by atoms with Gasteiger partial charge in [-0.3, -0.25) is 0 Å².